The molecule has 1 aromatic carbocycles. The number of hydrogen-bond donors (Lipinski definition) is 0. The summed E-state index contributed by atoms with van der Waals surface area (Å²) in [7, 11) is 0. The minimum atomic E-state index is -2.78. The summed E-state index contributed by atoms with van der Waals surface area (Å²) in [6.45, 7) is 0.235. The molecule has 2 fully saturated rings. The third-order valence-corrected chi connectivity index (χ3v) is 7.20. The molecule has 0 heterocycles. The Kier molecular flexibility index (Phi) is 9.07. The lowest BCUT2D eigenvalue weighted by Gasteiger charge is -2.38. The molecule has 0 aromatic heterocycles. The maximum atomic E-state index is 12.2. The molecule has 29 heavy (non-hydrogen) atoms. The molecule has 3 rings (SSSR count). The number of halogens is 2. The van der Waals surface area contributed by atoms with Crippen molar-refractivity contribution in [2.75, 3.05) is 6.61 Å². The summed E-state index contributed by atoms with van der Waals surface area (Å²) in [5, 5.41) is 0. The smallest absolute Gasteiger partial charge is 0.387 e. The van der Waals surface area contributed by atoms with Gasteiger partial charge in [-0.15, -0.1) is 0 Å². The molecule has 164 valence electrons. The van der Waals surface area contributed by atoms with E-state index in [9.17, 15) is 8.78 Å². The van der Waals surface area contributed by atoms with Gasteiger partial charge in [0.05, 0.1) is 6.61 Å². The Balaban J connectivity index is 1.31. The predicted octanol–water partition coefficient (Wildman–Crippen LogP) is 7.86. The monoisotopic (exact) mass is 408 g/mol. The standard InChI is InChI=1S/C25H38F2O2/c1-2-3-4-5-19-6-10-21(11-7-19)22-12-8-20(9-13-22)18-28-23-14-16-24(17-15-23)29-25(26)27/h14-17,19-22,25H,2-13,18H2,1H3. The number of unbranched alkanes of at least 4 members (excludes halogenated alkanes) is 2. The number of rotatable bonds is 10. The molecular formula is C25H38F2O2. The SMILES string of the molecule is CCCCCC1CCC(C2CCC(COc3ccc(OC(F)F)cc3)CC2)CC1. The van der Waals surface area contributed by atoms with Crippen molar-refractivity contribution in [1.29, 1.82) is 0 Å². The number of benzene rings is 1. The first kappa shape index (κ1) is 22.4. The van der Waals surface area contributed by atoms with Crippen LogP contribution in [0.25, 0.3) is 0 Å². The lowest BCUT2D eigenvalue weighted by molar-refractivity contribution is -0.0498. The average molecular weight is 409 g/mol. The first-order chi connectivity index (χ1) is 14.1. The maximum Gasteiger partial charge on any atom is 0.387 e. The maximum absolute atomic E-state index is 12.2. The molecule has 0 spiro atoms. The first-order valence-corrected chi connectivity index (χ1v) is 11.8. The van der Waals surface area contributed by atoms with Crippen LogP contribution in [0.2, 0.25) is 0 Å². The second-order valence-electron chi connectivity index (χ2n) is 9.22. The lowest BCUT2D eigenvalue weighted by Crippen LogP contribution is -2.27. The van der Waals surface area contributed by atoms with Gasteiger partial charge in [-0.25, -0.2) is 0 Å². The second kappa shape index (κ2) is 11.8. The topological polar surface area (TPSA) is 18.5 Å². The van der Waals surface area contributed by atoms with Gasteiger partial charge in [-0.3, -0.25) is 0 Å². The summed E-state index contributed by atoms with van der Waals surface area (Å²) in [5.74, 6) is 4.41. The van der Waals surface area contributed by atoms with E-state index < -0.39 is 6.61 Å². The Morgan fingerprint density at radius 3 is 1.90 bits per heavy atom. The van der Waals surface area contributed by atoms with E-state index in [0.717, 1.165) is 30.1 Å². The van der Waals surface area contributed by atoms with Gasteiger partial charge in [0.1, 0.15) is 11.5 Å². The van der Waals surface area contributed by atoms with Gasteiger partial charge in [-0.2, -0.15) is 8.78 Å². The van der Waals surface area contributed by atoms with Crippen molar-refractivity contribution in [2.45, 2.75) is 90.6 Å². The van der Waals surface area contributed by atoms with Crippen molar-refractivity contribution in [1.82, 2.24) is 0 Å². The molecule has 0 bridgehead atoms. The summed E-state index contributed by atoms with van der Waals surface area (Å²) in [6, 6.07) is 6.50. The molecule has 4 heteroatoms. The Labute approximate surface area is 175 Å². The molecule has 0 aliphatic heterocycles. The van der Waals surface area contributed by atoms with Crippen LogP contribution in [-0.4, -0.2) is 13.2 Å². The van der Waals surface area contributed by atoms with Crippen LogP contribution in [0, 0.1) is 23.7 Å². The van der Waals surface area contributed by atoms with Crippen LogP contribution in [0.3, 0.4) is 0 Å². The van der Waals surface area contributed by atoms with E-state index >= 15 is 0 Å². The summed E-state index contributed by atoms with van der Waals surface area (Å²) < 4.78 is 34.7. The van der Waals surface area contributed by atoms with Crippen LogP contribution in [0.5, 0.6) is 11.5 Å². The van der Waals surface area contributed by atoms with E-state index in [-0.39, 0.29) is 5.75 Å². The van der Waals surface area contributed by atoms with Crippen molar-refractivity contribution in [3.8, 4) is 11.5 Å². The first-order valence-electron chi connectivity index (χ1n) is 11.8. The Hall–Kier alpha value is -1.32. The fraction of sp³-hybridized carbons (Fsp3) is 0.760. The Bertz CT molecular complexity index is 559. The van der Waals surface area contributed by atoms with Gasteiger partial charge in [-0.1, -0.05) is 45.4 Å². The summed E-state index contributed by atoms with van der Waals surface area (Å²) in [5.41, 5.74) is 0. The zero-order chi connectivity index (χ0) is 20.5. The number of ether oxygens (including phenoxy) is 2. The normalized spacial score (nSPS) is 27.7. The molecule has 0 amide bonds. The fourth-order valence-electron chi connectivity index (χ4n) is 5.39. The molecule has 0 radical (unpaired) electrons. The summed E-state index contributed by atoms with van der Waals surface area (Å²) in [6.07, 6.45) is 16.7. The van der Waals surface area contributed by atoms with Crippen molar-refractivity contribution < 1.29 is 18.3 Å². The van der Waals surface area contributed by atoms with Gasteiger partial charge in [0.25, 0.3) is 0 Å². The van der Waals surface area contributed by atoms with E-state index in [1.807, 2.05) is 0 Å². The minimum Gasteiger partial charge on any atom is -0.493 e. The molecule has 2 saturated carbocycles. The second-order valence-corrected chi connectivity index (χ2v) is 9.22. The minimum absolute atomic E-state index is 0.174. The Morgan fingerprint density at radius 1 is 0.793 bits per heavy atom. The van der Waals surface area contributed by atoms with E-state index in [1.54, 1.807) is 12.1 Å². The molecule has 2 nitrogen and oxygen atoms in total. The number of hydrogen-bond acceptors (Lipinski definition) is 2. The summed E-state index contributed by atoms with van der Waals surface area (Å²) in [4.78, 5) is 0. The molecule has 0 N–H and O–H groups in total. The Morgan fingerprint density at radius 2 is 1.34 bits per heavy atom. The molecule has 2 aliphatic carbocycles. The molecule has 0 unspecified atom stereocenters. The number of alkyl halides is 2. The van der Waals surface area contributed by atoms with Crippen LogP contribution in [0.1, 0.15) is 84.0 Å². The van der Waals surface area contributed by atoms with Crippen molar-refractivity contribution in [3.05, 3.63) is 24.3 Å². The van der Waals surface area contributed by atoms with Crippen LogP contribution in [-0.2, 0) is 0 Å². The molecule has 2 aliphatic rings. The van der Waals surface area contributed by atoms with Crippen LogP contribution in [0.15, 0.2) is 24.3 Å². The molecule has 0 saturated heterocycles. The lowest BCUT2D eigenvalue weighted by atomic mass is 9.69. The van der Waals surface area contributed by atoms with E-state index in [2.05, 4.69) is 11.7 Å². The zero-order valence-corrected chi connectivity index (χ0v) is 18.0. The van der Waals surface area contributed by atoms with Crippen LogP contribution >= 0.6 is 0 Å². The van der Waals surface area contributed by atoms with Gasteiger partial charge in [0, 0.05) is 0 Å². The molecular weight excluding hydrogens is 370 g/mol. The third-order valence-electron chi connectivity index (χ3n) is 7.20. The molecule has 1 aromatic rings. The summed E-state index contributed by atoms with van der Waals surface area (Å²) >= 11 is 0. The van der Waals surface area contributed by atoms with E-state index in [4.69, 9.17) is 4.74 Å². The quantitative estimate of drug-likeness (QED) is 0.367. The van der Waals surface area contributed by atoms with Gasteiger partial charge in [0.2, 0.25) is 0 Å². The largest absolute Gasteiger partial charge is 0.493 e. The average Bonchev–Trinajstić information content (AvgIpc) is 2.74. The highest BCUT2D eigenvalue weighted by Crippen LogP contribution is 2.42. The molecule has 0 atom stereocenters. The van der Waals surface area contributed by atoms with Gasteiger partial charge < -0.3 is 9.47 Å². The van der Waals surface area contributed by atoms with Crippen molar-refractivity contribution >= 4 is 0 Å². The zero-order valence-electron chi connectivity index (χ0n) is 18.0. The highest BCUT2D eigenvalue weighted by atomic mass is 19.3. The van der Waals surface area contributed by atoms with Crippen LogP contribution < -0.4 is 9.47 Å². The van der Waals surface area contributed by atoms with E-state index in [0.29, 0.717) is 5.92 Å². The fourth-order valence-corrected chi connectivity index (χ4v) is 5.39. The van der Waals surface area contributed by atoms with Crippen LogP contribution in [0.4, 0.5) is 8.78 Å². The van der Waals surface area contributed by atoms with Crippen molar-refractivity contribution in [3.63, 3.8) is 0 Å². The van der Waals surface area contributed by atoms with E-state index in [1.165, 1.54) is 89.2 Å². The predicted molar refractivity (Wildman–Crippen MR) is 114 cm³/mol. The highest BCUT2D eigenvalue weighted by Gasteiger charge is 2.30. The van der Waals surface area contributed by atoms with Crippen molar-refractivity contribution in [2.24, 2.45) is 23.7 Å². The van der Waals surface area contributed by atoms with Gasteiger partial charge >= 0.3 is 6.61 Å². The third kappa shape index (κ3) is 7.46. The van der Waals surface area contributed by atoms with Gasteiger partial charge in [-0.05, 0) is 86.5 Å². The van der Waals surface area contributed by atoms with Gasteiger partial charge in [0.15, 0.2) is 0 Å². The highest BCUT2D eigenvalue weighted by molar-refractivity contribution is 5.31.